The van der Waals surface area contributed by atoms with Crippen molar-refractivity contribution in [1.29, 1.82) is 0 Å². The van der Waals surface area contributed by atoms with Gasteiger partial charge < -0.3 is 20.5 Å². The van der Waals surface area contributed by atoms with Gasteiger partial charge in [0.25, 0.3) is 5.91 Å². The molecule has 2 aromatic rings. The zero-order valence-corrected chi connectivity index (χ0v) is 11.1. The summed E-state index contributed by atoms with van der Waals surface area (Å²) >= 11 is 0. The van der Waals surface area contributed by atoms with Crippen molar-refractivity contribution in [2.45, 2.75) is 6.92 Å². The van der Waals surface area contributed by atoms with Crippen LogP contribution in [-0.4, -0.2) is 34.8 Å². The maximum atomic E-state index is 11.9. The molecule has 0 bridgehead atoms. The van der Waals surface area contributed by atoms with Crippen LogP contribution in [0.5, 0.6) is 11.5 Å². The second-order valence-corrected chi connectivity index (χ2v) is 3.79. The number of hydrogen-bond donors (Lipinski definition) is 3. The van der Waals surface area contributed by atoms with Gasteiger partial charge in [-0.25, -0.2) is 0 Å². The summed E-state index contributed by atoms with van der Waals surface area (Å²) in [6.07, 6.45) is 0. The molecule has 0 aliphatic rings. The minimum absolute atomic E-state index is 0.0138. The number of nitrogen functional groups attached to an aromatic ring is 1. The van der Waals surface area contributed by atoms with Crippen molar-refractivity contribution in [3.63, 3.8) is 0 Å². The van der Waals surface area contributed by atoms with Crippen molar-refractivity contribution in [2.24, 2.45) is 0 Å². The van der Waals surface area contributed by atoms with Gasteiger partial charge in [0.15, 0.2) is 11.5 Å². The van der Waals surface area contributed by atoms with Crippen LogP contribution in [-0.2, 0) is 0 Å². The lowest BCUT2D eigenvalue weighted by Crippen LogP contribution is -2.14. The second kappa shape index (κ2) is 5.91. The number of nitrogens with two attached hydrogens (primary N) is 1. The standard InChI is InChI=1S/C12H15N5O3/c1-3-20-9-6-7(4-5-8(9)19-2)14-11(18)10-15-12(13)17-16-10/h4-6H,3H2,1-2H3,(H,14,18)(H3,13,15,16,17). The molecule has 1 amide bonds. The van der Waals surface area contributed by atoms with Gasteiger partial charge >= 0.3 is 0 Å². The van der Waals surface area contributed by atoms with Gasteiger partial charge in [0.2, 0.25) is 11.8 Å². The van der Waals surface area contributed by atoms with Crippen LogP contribution in [0.15, 0.2) is 18.2 Å². The Kier molecular flexibility index (Phi) is 4.04. The minimum Gasteiger partial charge on any atom is -0.493 e. The van der Waals surface area contributed by atoms with E-state index in [1.807, 2.05) is 6.92 Å². The highest BCUT2D eigenvalue weighted by Gasteiger charge is 2.12. The van der Waals surface area contributed by atoms with Crippen molar-refractivity contribution >= 4 is 17.5 Å². The fourth-order valence-corrected chi connectivity index (χ4v) is 1.59. The molecule has 0 radical (unpaired) electrons. The molecule has 0 aliphatic carbocycles. The molecule has 0 saturated carbocycles. The molecule has 0 atom stereocenters. The predicted molar refractivity (Wildman–Crippen MR) is 72.9 cm³/mol. The number of aromatic amines is 1. The number of H-pyrrole nitrogens is 1. The number of hydrogen-bond acceptors (Lipinski definition) is 6. The first-order valence-corrected chi connectivity index (χ1v) is 5.94. The second-order valence-electron chi connectivity index (χ2n) is 3.79. The van der Waals surface area contributed by atoms with Crippen LogP contribution in [0, 0.1) is 0 Å². The summed E-state index contributed by atoms with van der Waals surface area (Å²) in [5.74, 6) is 0.747. The molecule has 0 aliphatic heterocycles. The van der Waals surface area contributed by atoms with Crippen LogP contribution < -0.4 is 20.5 Å². The summed E-state index contributed by atoms with van der Waals surface area (Å²) in [4.78, 5) is 15.6. The zero-order chi connectivity index (χ0) is 14.5. The fraction of sp³-hybridized carbons (Fsp3) is 0.250. The lowest BCUT2D eigenvalue weighted by molar-refractivity contribution is 0.101. The van der Waals surface area contributed by atoms with E-state index in [4.69, 9.17) is 15.2 Å². The number of amides is 1. The molecule has 1 aromatic heterocycles. The van der Waals surface area contributed by atoms with Crippen molar-refractivity contribution in [2.75, 3.05) is 24.8 Å². The third kappa shape index (κ3) is 2.97. The summed E-state index contributed by atoms with van der Waals surface area (Å²) in [6, 6.07) is 5.06. The van der Waals surface area contributed by atoms with Gasteiger partial charge in [-0.1, -0.05) is 0 Å². The zero-order valence-electron chi connectivity index (χ0n) is 11.1. The van der Waals surface area contributed by atoms with Gasteiger partial charge in [0.1, 0.15) is 0 Å². The molecule has 1 heterocycles. The largest absolute Gasteiger partial charge is 0.493 e. The smallest absolute Gasteiger partial charge is 0.293 e. The Morgan fingerprint density at radius 3 is 2.85 bits per heavy atom. The van der Waals surface area contributed by atoms with Gasteiger partial charge in [-0.3, -0.25) is 9.89 Å². The van der Waals surface area contributed by atoms with E-state index in [1.165, 1.54) is 0 Å². The molecule has 0 saturated heterocycles. The van der Waals surface area contributed by atoms with Crippen molar-refractivity contribution in [3.05, 3.63) is 24.0 Å². The summed E-state index contributed by atoms with van der Waals surface area (Å²) < 4.78 is 10.6. The maximum absolute atomic E-state index is 11.9. The Labute approximate surface area is 115 Å². The van der Waals surface area contributed by atoms with E-state index >= 15 is 0 Å². The fourth-order valence-electron chi connectivity index (χ4n) is 1.59. The molecule has 2 rings (SSSR count). The SMILES string of the molecule is CCOc1cc(NC(=O)c2nc(N)n[nH]2)ccc1OC. The Morgan fingerprint density at radius 2 is 2.25 bits per heavy atom. The molecule has 0 spiro atoms. The van der Waals surface area contributed by atoms with E-state index in [9.17, 15) is 4.79 Å². The Morgan fingerprint density at radius 1 is 1.45 bits per heavy atom. The van der Waals surface area contributed by atoms with E-state index in [2.05, 4.69) is 20.5 Å². The van der Waals surface area contributed by atoms with Crippen molar-refractivity contribution in [1.82, 2.24) is 15.2 Å². The molecule has 0 unspecified atom stereocenters. The molecular weight excluding hydrogens is 262 g/mol. The topological polar surface area (TPSA) is 115 Å². The van der Waals surface area contributed by atoms with Crippen LogP contribution in [0.25, 0.3) is 0 Å². The molecule has 20 heavy (non-hydrogen) atoms. The first kappa shape index (κ1) is 13.7. The molecule has 8 nitrogen and oxygen atoms in total. The number of nitrogens with one attached hydrogen (secondary N) is 2. The van der Waals surface area contributed by atoms with Crippen LogP contribution in [0.4, 0.5) is 11.6 Å². The number of ether oxygens (including phenoxy) is 2. The Bertz CT molecular complexity index is 611. The highest BCUT2D eigenvalue weighted by atomic mass is 16.5. The van der Waals surface area contributed by atoms with Crippen LogP contribution >= 0.6 is 0 Å². The lowest BCUT2D eigenvalue weighted by atomic mass is 10.2. The van der Waals surface area contributed by atoms with E-state index in [0.29, 0.717) is 23.8 Å². The van der Waals surface area contributed by atoms with Gasteiger partial charge in [-0.15, -0.1) is 5.10 Å². The summed E-state index contributed by atoms with van der Waals surface area (Å²) in [5, 5.41) is 8.68. The monoisotopic (exact) mass is 277 g/mol. The number of anilines is 2. The predicted octanol–water partition coefficient (Wildman–Crippen LogP) is 1.05. The summed E-state index contributed by atoms with van der Waals surface area (Å²) in [6.45, 7) is 2.36. The van der Waals surface area contributed by atoms with E-state index in [-0.39, 0.29) is 11.8 Å². The highest BCUT2D eigenvalue weighted by Crippen LogP contribution is 2.30. The quantitative estimate of drug-likeness (QED) is 0.752. The molecule has 0 fully saturated rings. The van der Waals surface area contributed by atoms with Crippen molar-refractivity contribution in [3.8, 4) is 11.5 Å². The van der Waals surface area contributed by atoms with Gasteiger partial charge in [-0.05, 0) is 19.1 Å². The number of nitrogens with zero attached hydrogens (tertiary/aromatic N) is 2. The first-order valence-electron chi connectivity index (χ1n) is 5.94. The number of benzene rings is 1. The van der Waals surface area contributed by atoms with Crippen LogP contribution in [0.3, 0.4) is 0 Å². The lowest BCUT2D eigenvalue weighted by Gasteiger charge is -2.11. The number of carbonyl (C=O) groups is 1. The Balaban J connectivity index is 2.17. The average molecular weight is 277 g/mol. The number of carbonyl (C=O) groups excluding carboxylic acids is 1. The molecular formula is C12H15N5O3. The highest BCUT2D eigenvalue weighted by molar-refractivity contribution is 6.01. The van der Waals surface area contributed by atoms with Crippen molar-refractivity contribution < 1.29 is 14.3 Å². The van der Waals surface area contributed by atoms with Crippen LogP contribution in [0.2, 0.25) is 0 Å². The van der Waals surface area contributed by atoms with E-state index < -0.39 is 5.91 Å². The van der Waals surface area contributed by atoms with Gasteiger partial charge in [-0.2, -0.15) is 4.98 Å². The van der Waals surface area contributed by atoms with E-state index in [1.54, 1.807) is 25.3 Å². The molecule has 1 aromatic carbocycles. The van der Waals surface area contributed by atoms with Crippen LogP contribution in [0.1, 0.15) is 17.5 Å². The average Bonchev–Trinajstić information content (AvgIpc) is 2.86. The molecule has 4 N–H and O–H groups in total. The number of rotatable bonds is 5. The maximum Gasteiger partial charge on any atom is 0.293 e. The first-order chi connectivity index (χ1) is 9.63. The third-order valence-corrected chi connectivity index (χ3v) is 2.44. The molecule has 8 heteroatoms. The third-order valence-electron chi connectivity index (χ3n) is 2.44. The van der Waals surface area contributed by atoms with Gasteiger partial charge in [0, 0.05) is 11.8 Å². The van der Waals surface area contributed by atoms with Gasteiger partial charge in [0.05, 0.1) is 13.7 Å². The Hall–Kier alpha value is -2.77. The summed E-state index contributed by atoms with van der Waals surface area (Å²) in [5.41, 5.74) is 5.89. The number of methoxy groups -OCH3 is 1. The normalized spacial score (nSPS) is 10.1. The minimum atomic E-state index is -0.443. The van der Waals surface area contributed by atoms with E-state index in [0.717, 1.165) is 0 Å². The molecule has 106 valence electrons. The summed E-state index contributed by atoms with van der Waals surface area (Å²) in [7, 11) is 1.55. The number of aromatic nitrogens is 3.